The zero-order valence-corrected chi connectivity index (χ0v) is 12.8. The molecule has 0 saturated heterocycles. The average molecular weight is 285 g/mol. The molecule has 0 fully saturated rings. The van der Waals surface area contributed by atoms with Gasteiger partial charge in [0.25, 0.3) is 0 Å². The molecule has 1 aromatic rings. The molecule has 1 atom stereocenters. The van der Waals surface area contributed by atoms with E-state index in [9.17, 15) is 8.42 Å². The van der Waals surface area contributed by atoms with Gasteiger partial charge in [0.2, 0.25) is 0 Å². The molecule has 1 aromatic carbocycles. The van der Waals surface area contributed by atoms with Crippen LogP contribution in [0.4, 0.5) is 0 Å². The number of hydrogen-bond acceptors (Lipinski definition) is 4. The summed E-state index contributed by atoms with van der Waals surface area (Å²) in [6, 6.07) is 6.57. The van der Waals surface area contributed by atoms with E-state index in [2.05, 4.69) is 26.1 Å². The van der Waals surface area contributed by atoms with Crippen molar-refractivity contribution in [1.82, 2.24) is 5.32 Å². The molecule has 4 nitrogen and oxygen atoms in total. The van der Waals surface area contributed by atoms with Gasteiger partial charge in [0, 0.05) is 12.8 Å². The maximum atomic E-state index is 11.4. The second-order valence-corrected chi connectivity index (χ2v) is 6.97. The summed E-state index contributed by atoms with van der Waals surface area (Å²) in [6.07, 6.45) is 1.27. The van der Waals surface area contributed by atoms with Crippen LogP contribution in [0.2, 0.25) is 0 Å². The maximum Gasteiger partial charge on any atom is 0.175 e. The first-order chi connectivity index (χ1) is 8.84. The second-order valence-electron chi connectivity index (χ2n) is 4.95. The van der Waals surface area contributed by atoms with Crippen LogP contribution in [0.5, 0.6) is 5.75 Å². The molecule has 108 valence electrons. The van der Waals surface area contributed by atoms with Crippen LogP contribution in [0.1, 0.15) is 20.8 Å². The molecule has 0 amide bonds. The fourth-order valence-electron chi connectivity index (χ4n) is 1.64. The first-order valence-electron chi connectivity index (χ1n) is 6.52. The van der Waals surface area contributed by atoms with Gasteiger partial charge in [-0.3, -0.25) is 0 Å². The number of likely N-dealkylation sites (N-methyl/N-ethyl adjacent to an activating group) is 1. The zero-order chi connectivity index (χ0) is 14.5. The predicted molar refractivity (Wildman–Crippen MR) is 77.3 cm³/mol. The predicted octanol–water partition coefficient (Wildman–Crippen LogP) is 2.10. The van der Waals surface area contributed by atoms with Crippen LogP contribution >= 0.6 is 0 Å². The van der Waals surface area contributed by atoms with E-state index in [1.807, 2.05) is 0 Å². The van der Waals surface area contributed by atoms with Gasteiger partial charge < -0.3 is 10.1 Å². The van der Waals surface area contributed by atoms with Gasteiger partial charge in [-0.25, -0.2) is 8.42 Å². The molecule has 0 heterocycles. The molecule has 0 aromatic heterocycles. The van der Waals surface area contributed by atoms with Crippen LogP contribution in [0.25, 0.3) is 0 Å². The summed E-state index contributed by atoms with van der Waals surface area (Å²) in [5.41, 5.74) is 0. The average Bonchev–Trinajstić information content (AvgIpc) is 2.33. The Labute approximate surface area is 116 Å². The van der Waals surface area contributed by atoms with Crippen LogP contribution in [0, 0.1) is 5.92 Å². The highest BCUT2D eigenvalue weighted by molar-refractivity contribution is 7.90. The monoisotopic (exact) mass is 285 g/mol. The molecule has 1 rings (SSSR count). The molecule has 0 spiro atoms. The Bertz CT molecular complexity index is 480. The number of sulfone groups is 1. The van der Waals surface area contributed by atoms with Gasteiger partial charge in [0.15, 0.2) is 9.84 Å². The van der Waals surface area contributed by atoms with Gasteiger partial charge in [-0.1, -0.05) is 20.8 Å². The highest BCUT2D eigenvalue weighted by atomic mass is 32.2. The van der Waals surface area contributed by atoms with E-state index < -0.39 is 9.84 Å². The quantitative estimate of drug-likeness (QED) is 0.833. The number of benzene rings is 1. The van der Waals surface area contributed by atoms with E-state index in [1.165, 1.54) is 6.26 Å². The molecule has 5 heteroatoms. The minimum absolute atomic E-state index is 0.0732. The molecule has 0 aliphatic rings. The highest BCUT2D eigenvalue weighted by Gasteiger charge is 2.15. The summed E-state index contributed by atoms with van der Waals surface area (Å²) in [6.45, 7) is 7.94. The lowest BCUT2D eigenvalue weighted by Gasteiger charge is -2.23. The summed E-state index contributed by atoms with van der Waals surface area (Å²) in [5, 5.41) is 3.26. The lowest BCUT2D eigenvalue weighted by atomic mass is 10.1. The number of nitrogens with one attached hydrogen (secondary N) is 1. The molecular weight excluding hydrogens is 262 g/mol. The van der Waals surface area contributed by atoms with Crippen LogP contribution in [-0.4, -0.2) is 33.9 Å². The molecule has 0 aliphatic heterocycles. The van der Waals surface area contributed by atoms with Crippen molar-refractivity contribution in [2.24, 2.45) is 5.92 Å². The smallest absolute Gasteiger partial charge is 0.175 e. The minimum Gasteiger partial charge on any atom is -0.489 e. The van der Waals surface area contributed by atoms with Crippen molar-refractivity contribution in [2.45, 2.75) is 31.8 Å². The SMILES string of the molecule is CCNCC(Oc1ccc(S(C)(=O)=O)cc1)C(C)C. The van der Waals surface area contributed by atoms with Gasteiger partial charge in [-0.2, -0.15) is 0 Å². The van der Waals surface area contributed by atoms with Crippen LogP contribution < -0.4 is 10.1 Å². The van der Waals surface area contributed by atoms with Crippen LogP contribution in [0.3, 0.4) is 0 Å². The van der Waals surface area contributed by atoms with E-state index in [1.54, 1.807) is 24.3 Å². The lowest BCUT2D eigenvalue weighted by molar-refractivity contribution is 0.149. The van der Waals surface area contributed by atoms with Gasteiger partial charge in [0.1, 0.15) is 11.9 Å². The van der Waals surface area contributed by atoms with E-state index in [0.717, 1.165) is 13.1 Å². The van der Waals surface area contributed by atoms with E-state index in [4.69, 9.17) is 4.74 Å². The largest absolute Gasteiger partial charge is 0.489 e. The molecular formula is C14H23NO3S. The van der Waals surface area contributed by atoms with Crippen molar-refractivity contribution in [3.8, 4) is 5.75 Å². The Morgan fingerprint density at radius 3 is 2.21 bits per heavy atom. The van der Waals surface area contributed by atoms with Crippen molar-refractivity contribution in [3.05, 3.63) is 24.3 Å². The molecule has 0 bridgehead atoms. The molecule has 0 radical (unpaired) electrons. The van der Waals surface area contributed by atoms with E-state index in [0.29, 0.717) is 16.6 Å². The van der Waals surface area contributed by atoms with E-state index in [-0.39, 0.29) is 6.10 Å². The maximum absolute atomic E-state index is 11.4. The van der Waals surface area contributed by atoms with Gasteiger partial charge >= 0.3 is 0 Å². The van der Waals surface area contributed by atoms with Crippen molar-refractivity contribution in [3.63, 3.8) is 0 Å². The molecule has 1 unspecified atom stereocenters. The summed E-state index contributed by atoms with van der Waals surface area (Å²) < 4.78 is 28.6. The number of rotatable bonds is 7. The fraction of sp³-hybridized carbons (Fsp3) is 0.571. The Balaban J connectivity index is 2.75. The van der Waals surface area contributed by atoms with E-state index >= 15 is 0 Å². The summed E-state index contributed by atoms with van der Waals surface area (Å²) in [5.74, 6) is 1.08. The van der Waals surface area contributed by atoms with Gasteiger partial charge in [-0.05, 0) is 36.7 Å². The molecule has 19 heavy (non-hydrogen) atoms. The topological polar surface area (TPSA) is 55.4 Å². The third-order valence-corrected chi connectivity index (χ3v) is 4.01. The Hall–Kier alpha value is -1.07. The Morgan fingerprint density at radius 2 is 1.79 bits per heavy atom. The summed E-state index contributed by atoms with van der Waals surface area (Å²) >= 11 is 0. The van der Waals surface area contributed by atoms with Crippen LogP contribution in [-0.2, 0) is 9.84 Å². The first-order valence-corrected chi connectivity index (χ1v) is 8.41. The molecule has 0 saturated carbocycles. The normalized spacial score (nSPS) is 13.5. The van der Waals surface area contributed by atoms with Crippen molar-refractivity contribution in [2.75, 3.05) is 19.3 Å². The van der Waals surface area contributed by atoms with Crippen molar-refractivity contribution in [1.29, 1.82) is 0 Å². The first kappa shape index (κ1) is 16.0. The lowest BCUT2D eigenvalue weighted by Crippen LogP contribution is -2.35. The number of ether oxygens (including phenoxy) is 1. The third-order valence-electron chi connectivity index (χ3n) is 2.88. The minimum atomic E-state index is -3.15. The summed E-state index contributed by atoms with van der Waals surface area (Å²) in [4.78, 5) is 0.313. The highest BCUT2D eigenvalue weighted by Crippen LogP contribution is 2.19. The third kappa shape index (κ3) is 5.20. The standard InChI is InChI=1S/C14H23NO3S/c1-5-15-10-14(11(2)3)18-12-6-8-13(9-7-12)19(4,16)17/h6-9,11,14-15H,5,10H2,1-4H3. The van der Waals surface area contributed by atoms with Crippen LogP contribution in [0.15, 0.2) is 29.2 Å². The van der Waals surface area contributed by atoms with Crippen molar-refractivity contribution >= 4 is 9.84 Å². The Morgan fingerprint density at radius 1 is 1.21 bits per heavy atom. The Kier molecular flexibility index (Phi) is 5.82. The van der Waals surface area contributed by atoms with Crippen molar-refractivity contribution < 1.29 is 13.2 Å². The molecule has 0 aliphatic carbocycles. The second kappa shape index (κ2) is 6.91. The summed E-state index contributed by atoms with van der Waals surface area (Å²) in [7, 11) is -3.15. The number of hydrogen-bond donors (Lipinski definition) is 1. The zero-order valence-electron chi connectivity index (χ0n) is 12.0. The van der Waals surface area contributed by atoms with Gasteiger partial charge in [-0.15, -0.1) is 0 Å². The van der Waals surface area contributed by atoms with Gasteiger partial charge in [0.05, 0.1) is 4.90 Å². The molecule has 1 N–H and O–H groups in total. The fourth-order valence-corrected chi connectivity index (χ4v) is 2.27.